The molecule has 0 N–H and O–H groups in total. The molecule has 200 valence electrons. The van der Waals surface area contributed by atoms with Crippen molar-refractivity contribution in [2.24, 2.45) is 0 Å². The van der Waals surface area contributed by atoms with Gasteiger partial charge in [0.1, 0.15) is 0 Å². The summed E-state index contributed by atoms with van der Waals surface area (Å²) in [6.45, 7) is 23.5. The maximum atomic E-state index is 6.01. The molecule has 0 aromatic heterocycles. The van der Waals surface area contributed by atoms with Crippen LogP contribution in [-0.4, -0.2) is 16.6 Å². The molecule has 0 heterocycles. The van der Waals surface area contributed by atoms with Crippen molar-refractivity contribution in [1.29, 1.82) is 0 Å². The van der Waals surface area contributed by atoms with Gasteiger partial charge in [-0.05, 0) is 39.3 Å². The molecule has 37 heavy (non-hydrogen) atoms. The van der Waals surface area contributed by atoms with Gasteiger partial charge in [0.05, 0.1) is 13.2 Å². The molecule has 7 heteroatoms. The molecule has 0 bridgehead atoms. The summed E-state index contributed by atoms with van der Waals surface area (Å²) in [5.41, 5.74) is 8.02. The number of hydrogen-bond acceptors (Lipinski definition) is 2. The second-order valence-corrected chi connectivity index (χ2v) is 24.4. The number of aryl methyl sites for hydroxylation is 4. The van der Waals surface area contributed by atoms with Crippen LogP contribution in [0, 0.1) is 27.7 Å². The Morgan fingerprint density at radius 3 is 1.27 bits per heavy atom. The van der Waals surface area contributed by atoms with Gasteiger partial charge in [0, 0.05) is 0 Å². The van der Waals surface area contributed by atoms with Crippen molar-refractivity contribution in [1.82, 2.24) is 0 Å². The fourth-order valence-electron chi connectivity index (χ4n) is 4.14. The van der Waals surface area contributed by atoms with E-state index in [9.17, 15) is 0 Å². The molecule has 0 spiro atoms. The normalized spacial score (nSPS) is 11.6. The summed E-state index contributed by atoms with van der Waals surface area (Å²) in [6, 6.07) is 17.9. The van der Waals surface area contributed by atoms with Crippen LogP contribution in [0.1, 0.15) is 33.4 Å². The Labute approximate surface area is 245 Å². The van der Waals surface area contributed by atoms with Gasteiger partial charge in [0.25, 0.3) is 0 Å². The van der Waals surface area contributed by atoms with Crippen molar-refractivity contribution in [2.75, 3.05) is 0 Å². The van der Waals surface area contributed by atoms with Crippen LogP contribution in [0.4, 0.5) is 0 Å². The minimum atomic E-state index is -1.43. The van der Waals surface area contributed by atoms with Crippen LogP contribution in [0.3, 0.4) is 0 Å². The molecular formula is C30H42Cl2O2Si2Zr. The third-order valence-electron chi connectivity index (χ3n) is 6.00. The molecule has 0 aliphatic rings. The SMILES string of the molecule is Cc1cc2c(CO[Si](C)(C)C)ccc(C)c2[cH-]1.Cc1cc2c(CO[Si](C)(C)C)ccc(C)c2[cH-]1.[Cl][Zr+2][Cl]. The Bertz CT molecular complexity index is 1200. The molecule has 0 atom stereocenters. The number of fused-ring (bicyclic) bond motifs is 2. The van der Waals surface area contributed by atoms with E-state index in [1.807, 2.05) is 0 Å². The summed E-state index contributed by atoms with van der Waals surface area (Å²) in [6.07, 6.45) is 0. The van der Waals surface area contributed by atoms with Crippen molar-refractivity contribution in [3.63, 3.8) is 0 Å². The van der Waals surface area contributed by atoms with Gasteiger partial charge in [0.2, 0.25) is 0 Å². The monoisotopic (exact) mass is 650 g/mol. The molecule has 0 saturated heterocycles. The molecule has 0 saturated carbocycles. The zero-order valence-corrected chi connectivity index (χ0v) is 30.1. The van der Waals surface area contributed by atoms with Crippen molar-refractivity contribution in [2.45, 2.75) is 80.2 Å². The van der Waals surface area contributed by atoms with Gasteiger partial charge >= 0.3 is 37.9 Å². The Balaban J connectivity index is 0.000000235. The van der Waals surface area contributed by atoms with Crippen LogP contribution in [0.25, 0.3) is 21.5 Å². The van der Waals surface area contributed by atoms with Crippen molar-refractivity contribution in [3.05, 3.63) is 81.9 Å². The molecule has 0 aliphatic carbocycles. The molecule has 0 amide bonds. The van der Waals surface area contributed by atoms with Crippen LogP contribution in [-0.2, 0) is 42.9 Å². The summed E-state index contributed by atoms with van der Waals surface area (Å²) in [4.78, 5) is 0. The van der Waals surface area contributed by atoms with Gasteiger partial charge < -0.3 is 8.85 Å². The quantitative estimate of drug-likeness (QED) is 0.152. The van der Waals surface area contributed by atoms with E-state index in [-0.39, 0.29) is 0 Å². The average molecular weight is 653 g/mol. The van der Waals surface area contributed by atoms with Crippen LogP contribution < -0.4 is 0 Å². The predicted molar refractivity (Wildman–Crippen MR) is 166 cm³/mol. The van der Waals surface area contributed by atoms with E-state index in [0.717, 1.165) is 13.2 Å². The average Bonchev–Trinajstić information content (AvgIpc) is 3.36. The van der Waals surface area contributed by atoms with Crippen LogP contribution >= 0.6 is 17.0 Å². The fourth-order valence-corrected chi connectivity index (χ4v) is 5.32. The number of halogens is 2. The van der Waals surface area contributed by atoms with Crippen molar-refractivity contribution >= 4 is 55.2 Å². The number of rotatable bonds is 6. The Kier molecular flexibility index (Phi) is 12.6. The van der Waals surface area contributed by atoms with Crippen molar-refractivity contribution in [3.8, 4) is 0 Å². The van der Waals surface area contributed by atoms with Gasteiger partial charge in [-0.2, -0.15) is 12.1 Å². The molecular weight excluding hydrogens is 611 g/mol. The van der Waals surface area contributed by atoms with Crippen LogP contribution in [0.15, 0.2) is 48.5 Å². The third kappa shape index (κ3) is 10.5. The van der Waals surface area contributed by atoms with E-state index in [1.165, 1.54) is 54.9 Å². The van der Waals surface area contributed by atoms with Gasteiger partial charge in [-0.15, -0.1) is 68.1 Å². The summed E-state index contributed by atoms with van der Waals surface area (Å²) in [5, 5.41) is 5.47. The summed E-state index contributed by atoms with van der Waals surface area (Å²) >= 11 is -0.826. The Morgan fingerprint density at radius 1 is 0.649 bits per heavy atom. The topological polar surface area (TPSA) is 18.5 Å². The third-order valence-corrected chi connectivity index (χ3v) is 8.02. The second kappa shape index (κ2) is 14.2. The second-order valence-electron chi connectivity index (χ2n) is 11.7. The first-order valence-electron chi connectivity index (χ1n) is 12.7. The number of hydrogen-bond donors (Lipinski definition) is 0. The summed E-state index contributed by atoms with van der Waals surface area (Å²) < 4.78 is 12.0. The van der Waals surface area contributed by atoms with Crippen LogP contribution in [0.5, 0.6) is 0 Å². The molecule has 0 aliphatic heterocycles. The zero-order chi connectivity index (χ0) is 28.0. The standard InChI is InChI=1S/2C15H21OSi.2ClH.Zr/c2*1-11-8-14-12(2)6-7-13(15(14)9-11)10-16-17(3,4)5;;;/h2*6-9H,10H2,1-5H3;2*1H;/q2*-1;;;+4/p-2. The fraction of sp³-hybridized carbons (Fsp3) is 0.400. The maximum absolute atomic E-state index is 6.01. The molecule has 0 fully saturated rings. The first-order chi connectivity index (χ1) is 17.1. The summed E-state index contributed by atoms with van der Waals surface area (Å²) in [5.74, 6) is 0. The molecule has 4 rings (SSSR count). The Hall–Kier alpha value is -0.523. The van der Waals surface area contributed by atoms with E-state index in [4.69, 9.17) is 25.9 Å². The molecule has 4 aromatic carbocycles. The molecule has 2 nitrogen and oxygen atoms in total. The number of benzene rings is 2. The Morgan fingerprint density at radius 2 is 0.973 bits per heavy atom. The van der Waals surface area contributed by atoms with E-state index in [0.29, 0.717) is 0 Å². The predicted octanol–water partition coefficient (Wildman–Crippen LogP) is 10.4. The molecule has 0 unspecified atom stereocenters. The van der Waals surface area contributed by atoms with Crippen LogP contribution in [0.2, 0.25) is 39.3 Å². The van der Waals surface area contributed by atoms with Gasteiger partial charge in [-0.25, -0.2) is 0 Å². The van der Waals surface area contributed by atoms with E-state index in [1.54, 1.807) is 0 Å². The summed E-state index contributed by atoms with van der Waals surface area (Å²) in [7, 11) is 7.00. The first-order valence-corrected chi connectivity index (χ1v) is 25.8. The van der Waals surface area contributed by atoms with E-state index >= 15 is 0 Å². The molecule has 0 radical (unpaired) electrons. The van der Waals surface area contributed by atoms with E-state index < -0.39 is 37.5 Å². The molecule has 4 aromatic rings. The van der Waals surface area contributed by atoms with Gasteiger partial charge in [0.15, 0.2) is 16.6 Å². The van der Waals surface area contributed by atoms with Gasteiger partial charge in [-0.1, -0.05) is 51.0 Å². The first kappa shape index (κ1) is 32.7. The minimum absolute atomic E-state index is 0.746. The zero-order valence-electron chi connectivity index (χ0n) is 24.1. The van der Waals surface area contributed by atoms with Crippen molar-refractivity contribution < 1.29 is 29.7 Å². The van der Waals surface area contributed by atoms with E-state index in [2.05, 4.69) is 116 Å². The van der Waals surface area contributed by atoms with Gasteiger partial charge in [-0.3, -0.25) is 0 Å².